The Kier molecular flexibility index (Phi) is 11.9. The second kappa shape index (κ2) is 17.8. The zero-order valence-electron chi connectivity index (χ0n) is 39.4. The lowest BCUT2D eigenvalue weighted by molar-refractivity contribution is -0.140. The molecule has 4 fully saturated rings. The molecular weight excluding hydrogens is 853 g/mol. The van der Waals surface area contributed by atoms with Gasteiger partial charge in [0, 0.05) is 23.0 Å². The molecule has 354 valence electrons. The zero-order valence-corrected chi connectivity index (χ0v) is 39.4. The van der Waals surface area contributed by atoms with E-state index in [0.29, 0.717) is 31.2 Å². The van der Waals surface area contributed by atoms with Crippen molar-refractivity contribution in [1.29, 1.82) is 0 Å². The van der Waals surface area contributed by atoms with Gasteiger partial charge >= 0.3 is 12.2 Å². The number of ether oxygens (including phenoxy) is 4. The molecule has 1 saturated carbocycles. The number of benzene rings is 3. The molecule has 3 saturated heterocycles. The molecule has 16 nitrogen and oxygen atoms in total. The molecule has 5 aliphatic rings. The maximum atomic E-state index is 14.5. The van der Waals surface area contributed by atoms with E-state index in [1.54, 1.807) is 0 Å². The minimum atomic E-state index is -0.746. The number of hydrogen-bond acceptors (Lipinski definition) is 10. The Morgan fingerprint density at radius 1 is 0.806 bits per heavy atom. The van der Waals surface area contributed by atoms with Crippen molar-refractivity contribution >= 4 is 45.8 Å². The molecule has 5 aromatic rings. The molecule has 9 atom stereocenters. The summed E-state index contributed by atoms with van der Waals surface area (Å²) in [5.41, 5.74) is 6.65. The lowest BCUT2D eigenvalue weighted by Gasteiger charge is -2.39. The standard InChI is InChI=1S/C51H62N8O8/c1-25(2)43(56-50(62)64-6)48(60)59-39-10-8-9-31(39)21-41(59)47-53-37-15-13-29-20-36-34-14-12-30(19-33(34)24-66-42(36)22-35(29)45(37)55-47)38-23-52-46(54-38)40-16-11-26(3)58(40)49(61)44(57-51(63)65-7)32-17-27(4)67-28(5)18-32/h12-15,19-20,22-23,25-28,31-32,39-41,43-44H,8-11,16-18,21,24H2,1-7H3,(H,52,54)(H,53,55)(H,56,62)(H,57,63)/t26-,27+,28+,31-,39-,40-,41-,43-,44-/m0/s1. The van der Waals surface area contributed by atoms with Crippen LogP contribution < -0.4 is 15.4 Å². The lowest BCUT2D eigenvalue weighted by Crippen LogP contribution is -2.55. The Morgan fingerprint density at radius 3 is 2.34 bits per heavy atom. The molecule has 10 rings (SSSR count). The number of nitrogens with one attached hydrogen (secondary N) is 4. The third-order valence-corrected chi connectivity index (χ3v) is 15.2. The Bertz CT molecular complexity index is 2720. The summed E-state index contributed by atoms with van der Waals surface area (Å²) >= 11 is 0. The third-order valence-electron chi connectivity index (χ3n) is 15.2. The predicted octanol–water partition coefficient (Wildman–Crippen LogP) is 8.47. The monoisotopic (exact) mass is 914 g/mol. The van der Waals surface area contributed by atoms with Gasteiger partial charge in [-0.25, -0.2) is 19.6 Å². The van der Waals surface area contributed by atoms with E-state index in [2.05, 4.69) is 63.9 Å². The van der Waals surface area contributed by atoms with E-state index in [9.17, 15) is 19.2 Å². The van der Waals surface area contributed by atoms with Crippen molar-refractivity contribution in [2.45, 2.75) is 141 Å². The van der Waals surface area contributed by atoms with Gasteiger partial charge < -0.3 is 49.3 Å². The van der Waals surface area contributed by atoms with Crippen molar-refractivity contribution in [1.82, 2.24) is 40.4 Å². The number of aromatic nitrogens is 4. The van der Waals surface area contributed by atoms with Crippen LogP contribution in [0.3, 0.4) is 0 Å². The first-order valence-electron chi connectivity index (χ1n) is 24.1. The molecule has 6 heterocycles. The van der Waals surface area contributed by atoms with E-state index in [1.807, 2.05) is 49.8 Å². The molecule has 3 aromatic carbocycles. The van der Waals surface area contributed by atoms with Crippen molar-refractivity contribution in [2.24, 2.45) is 17.8 Å². The lowest BCUT2D eigenvalue weighted by atomic mass is 9.85. The van der Waals surface area contributed by atoms with Crippen LogP contribution in [0.1, 0.15) is 115 Å². The number of likely N-dealkylation sites (tertiary alicyclic amines) is 2. The Hall–Kier alpha value is -6.16. The number of imidazole rings is 2. The van der Waals surface area contributed by atoms with E-state index in [0.717, 1.165) is 99.9 Å². The number of rotatable bonds is 9. The summed E-state index contributed by atoms with van der Waals surface area (Å²) < 4.78 is 22.3. The number of carbonyl (C=O) groups excluding carboxylic acids is 4. The normalized spacial score (nSPS) is 26.4. The fraction of sp³-hybridized carbons (Fsp3) is 0.529. The minimum absolute atomic E-state index is 0.0299. The SMILES string of the molecule is COC(=O)N[C@H](C(=O)N1[C@H](c2nc3ccc4cc5c(cc4c3[nH]2)OCc2cc(-c3cnc([C@@H]4CC[C@H](C)N4C(=O)[C@@H](NC(=O)OC)C4C[C@@H](C)O[C@H](C)C4)[nH]3)ccc2-5)C[C@@H]2CCC[C@@H]21)C(C)C. The molecule has 4 N–H and O–H groups in total. The zero-order chi connectivity index (χ0) is 46.8. The van der Waals surface area contributed by atoms with E-state index < -0.39 is 24.3 Å². The molecular formula is C51H62N8O8. The Balaban J connectivity index is 0.903. The van der Waals surface area contributed by atoms with Gasteiger partial charge in [-0.1, -0.05) is 38.5 Å². The number of aromatic amines is 2. The van der Waals surface area contributed by atoms with Crippen molar-refractivity contribution in [3.8, 4) is 28.1 Å². The second-order valence-electron chi connectivity index (χ2n) is 19.9. The maximum absolute atomic E-state index is 14.5. The van der Waals surface area contributed by atoms with Gasteiger partial charge in [-0.15, -0.1) is 0 Å². The first-order chi connectivity index (χ1) is 32.3. The first kappa shape index (κ1) is 44.7. The van der Waals surface area contributed by atoms with E-state index >= 15 is 0 Å². The average Bonchev–Trinajstić information content (AvgIpc) is 4.17. The van der Waals surface area contributed by atoms with Crippen LogP contribution in [0.25, 0.3) is 44.2 Å². The molecule has 2 aromatic heterocycles. The van der Waals surface area contributed by atoms with Gasteiger partial charge in [0.2, 0.25) is 11.8 Å². The summed E-state index contributed by atoms with van der Waals surface area (Å²) in [5.74, 6) is 2.18. The molecule has 0 unspecified atom stereocenters. The summed E-state index contributed by atoms with van der Waals surface area (Å²) in [4.78, 5) is 74.8. The molecule has 1 aliphatic carbocycles. The number of methoxy groups -OCH3 is 2. The Morgan fingerprint density at radius 2 is 1.58 bits per heavy atom. The van der Waals surface area contributed by atoms with Gasteiger partial charge in [-0.2, -0.15) is 0 Å². The molecule has 0 bridgehead atoms. The number of H-pyrrole nitrogens is 2. The highest BCUT2D eigenvalue weighted by Crippen LogP contribution is 2.49. The summed E-state index contributed by atoms with van der Waals surface area (Å²) in [5, 5.41) is 7.71. The van der Waals surface area contributed by atoms with Crippen LogP contribution in [-0.2, 0) is 30.4 Å². The second-order valence-corrected chi connectivity index (χ2v) is 19.9. The quantitative estimate of drug-likeness (QED) is 0.112. The van der Waals surface area contributed by atoms with Crippen molar-refractivity contribution in [3.05, 3.63) is 65.9 Å². The summed E-state index contributed by atoms with van der Waals surface area (Å²) in [6, 6.07) is 12.9. The van der Waals surface area contributed by atoms with Gasteiger partial charge in [0.1, 0.15) is 36.1 Å². The molecule has 4 amide bonds. The fourth-order valence-corrected chi connectivity index (χ4v) is 12.1. The Labute approximate surface area is 390 Å². The van der Waals surface area contributed by atoms with Crippen molar-refractivity contribution in [2.75, 3.05) is 14.2 Å². The smallest absolute Gasteiger partial charge is 0.407 e. The van der Waals surface area contributed by atoms with Gasteiger partial charge in [0.15, 0.2) is 0 Å². The summed E-state index contributed by atoms with van der Waals surface area (Å²) in [6.45, 7) is 10.3. The van der Waals surface area contributed by atoms with Gasteiger partial charge in [-0.05, 0) is 130 Å². The number of alkyl carbamates (subject to hydrolysis) is 2. The van der Waals surface area contributed by atoms with Crippen LogP contribution in [0.15, 0.2) is 48.7 Å². The van der Waals surface area contributed by atoms with Crippen LogP contribution in [0, 0.1) is 17.8 Å². The number of fused-ring (bicyclic) bond motifs is 7. The maximum Gasteiger partial charge on any atom is 0.407 e. The highest BCUT2D eigenvalue weighted by Gasteiger charge is 2.50. The number of hydrogen-bond donors (Lipinski definition) is 4. The van der Waals surface area contributed by atoms with Gasteiger partial charge in [0.25, 0.3) is 0 Å². The first-order valence-corrected chi connectivity index (χ1v) is 24.1. The van der Waals surface area contributed by atoms with Crippen molar-refractivity contribution in [3.63, 3.8) is 0 Å². The average molecular weight is 915 g/mol. The van der Waals surface area contributed by atoms with E-state index in [4.69, 9.17) is 28.9 Å². The molecule has 16 heteroatoms. The van der Waals surface area contributed by atoms with Gasteiger partial charge in [-0.3, -0.25) is 9.59 Å². The van der Waals surface area contributed by atoms with Crippen LogP contribution in [0.5, 0.6) is 5.75 Å². The molecule has 67 heavy (non-hydrogen) atoms. The van der Waals surface area contributed by atoms with Crippen LogP contribution in [0.2, 0.25) is 0 Å². The van der Waals surface area contributed by atoms with Crippen LogP contribution >= 0.6 is 0 Å². The fourth-order valence-electron chi connectivity index (χ4n) is 12.1. The van der Waals surface area contributed by atoms with Crippen LogP contribution in [0.4, 0.5) is 9.59 Å². The molecule has 0 spiro atoms. The number of carbonyl (C=O) groups is 4. The van der Waals surface area contributed by atoms with Crippen molar-refractivity contribution < 1.29 is 38.1 Å². The van der Waals surface area contributed by atoms with E-state index in [-0.39, 0.29) is 60.0 Å². The van der Waals surface area contributed by atoms with E-state index in [1.165, 1.54) is 14.2 Å². The van der Waals surface area contributed by atoms with Gasteiger partial charge in [0.05, 0.1) is 61.4 Å². The molecule has 4 aliphatic heterocycles. The summed E-state index contributed by atoms with van der Waals surface area (Å²) in [6.07, 6.45) is 7.30. The minimum Gasteiger partial charge on any atom is -0.488 e. The third kappa shape index (κ3) is 8.14. The van der Waals surface area contributed by atoms with Crippen LogP contribution in [-0.4, -0.2) is 104 Å². The summed E-state index contributed by atoms with van der Waals surface area (Å²) in [7, 11) is 2.63. The highest BCUT2D eigenvalue weighted by atomic mass is 16.5. The number of amides is 4. The number of nitrogens with zero attached hydrogens (tertiary/aromatic N) is 4. The largest absolute Gasteiger partial charge is 0.488 e. The predicted molar refractivity (Wildman–Crippen MR) is 251 cm³/mol. The molecule has 0 radical (unpaired) electrons. The topological polar surface area (TPSA) is 193 Å². The highest BCUT2D eigenvalue weighted by molar-refractivity contribution is 6.07.